The number of rotatable bonds is 4. The summed E-state index contributed by atoms with van der Waals surface area (Å²) in [5.41, 5.74) is 0. The van der Waals surface area contributed by atoms with Crippen molar-refractivity contribution in [3.8, 4) is 0 Å². The van der Waals surface area contributed by atoms with Gasteiger partial charge < -0.3 is 10.2 Å². The van der Waals surface area contributed by atoms with Crippen molar-refractivity contribution >= 4 is 11.7 Å². The van der Waals surface area contributed by atoms with Crippen LogP contribution in [0.15, 0.2) is 12.3 Å². The van der Waals surface area contributed by atoms with Gasteiger partial charge in [-0.1, -0.05) is 0 Å². The highest BCUT2D eigenvalue weighted by atomic mass is 16.2. The van der Waals surface area contributed by atoms with Gasteiger partial charge in [-0.2, -0.15) is 5.10 Å². The Kier molecular flexibility index (Phi) is 3.50. The van der Waals surface area contributed by atoms with Crippen LogP contribution in [0.5, 0.6) is 0 Å². The molecule has 0 unspecified atom stereocenters. The fourth-order valence-corrected chi connectivity index (χ4v) is 1.03. The highest BCUT2D eigenvalue weighted by molar-refractivity contribution is 5.76. The summed E-state index contributed by atoms with van der Waals surface area (Å²) in [5.74, 6) is 0.924. The van der Waals surface area contributed by atoms with Gasteiger partial charge in [0.15, 0.2) is 0 Å². The predicted molar refractivity (Wildman–Crippen MR) is 55.0 cm³/mol. The maximum absolute atomic E-state index is 11.2. The van der Waals surface area contributed by atoms with Crippen LogP contribution in [0, 0.1) is 0 Å². The molecule has 1 aromatic rings. The van der Waals surface area contributed by atoms with Crippen molar-refractivity contribution in [1.29, 1.82) is 0 Å². The van der Waals surface area contributed by atoms with Crippen LogP contribution in [-0.2, 0) is 11.8 Å². The molecule has 0 fully saturated rings. The lowest BCUT2D eigenvalue weighted by molar-refractivity contribution is -0.128. The molecule has 0 aliphatic carbocycles. The highest BCUT2D eigenvalue weighted by Gasteiger charge is 2.03. The fraction of sp³-hybridized carbons (Fsp3) is 0.556. The van der Waals surface area contributed by atoms with Gasteiger partial charge in [-0.25, -0.2) is 0 Å². The number of aromatic nitrogens is 2. The van der Waals surface area contributed by atoms with E-state index in [0.29, 0.717) is 13.0 Å². The third-order valence-electron chi connectivity index (χ3n) is 1.86. The van der Waals surface area contributed by atoms with Crippen molar-refractivity contribution in [2.24, 2.45) is 7.05 Å². The standard InChI is InChI=1S/C9H16N4O/c1-12(2)9(14)4-6-10-8-5-7-13(3)11-8/h5,7H,4,6H2,1-3H3,(H,10,11). The largest absolute Gasteiger partial charge is 0.368 e. The molecule has 0 saturated carbocycles. The van der Waals surface area contributed by atoms with E-state index in [1.165, 1.54) is 0 Å². The first kappa shape index (κ1) is 10.6. The second kappa shape index (κ2) is 4.64. The maximum Gasteiger partial charge on any atom is 0.223 e. The maximum atomic E-state index is 11.2. The first-order valence-electron chi connectivity index (χ1n) is 4.53. The Bertz CT molecular complexity index is 306. The van der Waals surface area contributed by atoms with Crippen LogP contribution in [0.1, 0.15) is 6.42 Å². The first-order chi connectivity index (χ1) is 6.59. The SMILES string of the molecule is CN(C)C(=O)CCNc1ccn(C)n1. The number of hydrogen-bond donors (Lipinski definition) is 1. The van der Waals surface area contributed by atoms with Crippen molar-refractivity contribution in [3.63, 3.8) is 0 Å². The van der Waals surface area contributed by atoms with E-state index in [4.69, 9.17) is 0 Å². The van der Waals surface area contributed by atoms with Gasteiger partial charge >= 0.3 is 0 Å². The van der Waals surface area contributed by atoms with E-state index in [1.807, 2.05) is 19.3 Å². The molecule has 0 bridgehead atoms. The lowest BCUT2D eigenvalue weighted by atomic mass is 10.4. The average molecular weight is 196 g/mol. The monoisotopic (exact) mass is 196 g/mol. The van der Waals surface area contributed by atoms with Crippen molar-refractivity contribution in [2.75, 3.05) is 26.0 Å². The molecule has 0 saturated heterocycles. The molecule has 0 spiro atoms. The smallest absolute Gasteiger partial charge is 0.223 e. The van der Waals surface area contributed by atoms with Crippen LogP contribution >= 0.6 is 0 Å². The summed E-state index contributed by atoms with van der Waals surface area (Å²) in [4.78, 5) is 12.8. The lowest BCUT2D eigenvalue weighted by Gasteiger charge is -2.09. The van der Waals surface area contributed by atoms with Crippen molar-refractivity contribution in [3.05, 3.63) is 12.3 Å². The highest BCUT2D eigenvalue weighted by Crippen LogP contribution is 2.00. The Morgan fingerprint density at radius 1 is 1.64 bits per heavy atom. The molecule has 14 heavy (non-hydrogen) atoms. The van der Waals surface area contributed by atoms with E-state index in [0.717, 1.165) is 5.82 Å². The van der Waals surface area contributed by atoms with Crippen LogP contribution in [-0.4, -0.2) is 41.2 Å². The molecule has 1 rings (SSSR count). The normalized spacial score (nSPS) is 9.93. The zero-order valence-electron chi connectivity index (χ0n) is 8.82. The van der Waals surface area contributed by atoms with Gasteiger partial charge in [-0.05, 0) is 0 Å². The molecule has 1 aromatic heterocycles. The predicted octanol–water partition coefficient (Wildman–Crippen LogP) is 0.310. The number of nitrogens with one attached hydrogen (secondary N) is 1. The lowest BCUT2D eigenvalue weighted by Crippen LogP contribution is -2.23. The van der Waals surface area contributed by atoms with Crippen LogP contribution < -0.4 is 5.32 Å². The van der Waals surface area contributed by atoms with Gasteiger partial charge in [-0.15, -0.1) is 0 Å². The molecule has 5 heteroatoms. The summed E-state index contributed by atoms with van der Waals surface area (Å²) in [6, 6.07) is 1.88. The molecule has 0 aliphatic rings. The molecule has 0 atom stereocenters. The Hall–Kier alpha value is -1.52. The van der Waals surface area contributed by atoms with E-state index in [2.05, 4.69) is 10.4 Å². The first-order valence-corrected chi connectivity index (χ1v) is 4.53. The van der Waals surface area contributed by atoms with Gasteiger partial charge in [0.25, 0.3) is 0 Å². The van der Waals surface area contributed by atoms with E-state index >= 15 is 0 Å². The second-order valence-corrected chi connectivity index (χ2v) is 3.34. The third-order valence-corrected chi connectivity index (χ3v) is 1.86. The van der Waals surface area contributed by atoms with Gasteiger partial charge in [-0.3, -0.25) is 9.48 Å². The molecule has 1 amide bonds. The number of carbonyl (C=O) groups excluding carboxylic acids is 1. The third kappa shape index (κ3) is 3.08. The summed E-state index contributed by atoms with van der Waals surface area (Å²) < 4.78 is 1.72. The summed E-state index contributed by atoms with van der Waals surface area (Å²) in [6.07, 6.45) is 2.35. The van der Waals surface area contributed by atoms with Crippen LogP contribution in [0.4, 0.5) is 5.82 Å². The molecule has 1 N–H and O–H groups in total. The number of hydrogen-bond acceptors (Lipinski definition) is 3. The summed E-state index contributed by atoms with van der Waals surface area (Å²) in [6.45, 7) is 0.619. The van der Waals surface area contributed by atoms with Gasteiger partial charge in [0.05, 0.1) is 0 Å². The Labute approximate surface area is 83.7 Å². The minimum absolute atomic E-state index is 0.119. The van der Waals surface area contributed by atoms with Gasteiger partial charge in [0.2, 0.25) is 5.91 Å². The van der Waals surface area contributed by atoms with Crippen LogP contribution in [0.25, 0.3) is 0 Å². The summed E-state index contributed by atoms with van der Waals surface area (Å²) in [5, 5.41) is 7.20. The molecule has 78 valence electrons. The van der Waals surface area contributed by atoms with E-state index in [1.54, 1.807) is 23.7 Å². The molecule has 0 aliphatic heterocycles. The number of nitrogens with zero attached hydrogens (tertiary/aromatic N) is 3. The number of amides is 1. The zero-order valence-corrected chi connectivity index (χ0v) is 8.82. The minimum Gasteiger partial charge on any atom is -0.368 e. The van der Waals surface area contributed by atoms with Crippen molar-refractivity contribution in [1.82, 2.24) is 14.7 Å². The number of anilines is 1. The van der Waals surface area contributed by atoms with Crippen molar-refractivity contribution in [2.45, 2.75) is 6.42 Å². The van der Waals surface area contributed by atoms with E-state index in [9.17, 15) is 4.79 Å². The average Bonchev–Trinajstić information content (AvgIpc) is 2.51. The molecule has 5 nitrogen and oxygen atoms in total. The minimum atomic E-state index is 0.119. The van der Waals surface area contributed by atoms with Gasteiger partial charge in [0, 0.05) is 46.4 Å². The Morgan fingerprint density at radius 2 is 2.36 bits per heavy atom. The quantitative estimate of drug-likeness (QED) is 0.754. The molecular formula is C9H16N4O. The molecule has 1 heterocycles. The zero-order chi connectivity index (χ0) is 10.6. The van der Waals surface area contributed by atoms with E-state index in [-0.39, 0.29) is 5.91 Å². The molecular weight excluding hydrogens is 180 g/mol. The Balaban J connectivity index is 2.25. The Morgan fingerprint density at radius 3 is 2.86 bits per heavy atom. The van der Waals surface area contributed by atoms with Crippen molar-refractivity contribution < 1.29 is 4.79 Å². The number of aryl methyl sites for hydroxylation is 1. The summed E-state index contributed by atoms with van der Waals surface area (Å²) >= 11 is 0. The molecule has 0 radical (unpaired) electrons. The fourth-order valence-electron chi connectivity index (χ4n) is 1.03. The van der Waals surface area contributed by atoms with Gasteiger partial charge in [0.1, 0.15) is 5.82 Å². The second-order valence-electron chi connectivity index (χ2n) is 3.34. The summed E-state index contributed by atoms with van der Waals surface area (Å²) in [7, 11) is 5.36. The van der Waals surface area contributed by atoms with Crippen LogP contribution in [0.3, 0.4) is 0 Å². The number of carbonyl (C=O) groups is 1. The topological polar surface area (TPSA) is 50.2 Å². The molecule has 0 aromatic carbocycles. The van der Waals surface area contributed by atoms with E-state index < -0.39 is 0 Å². The van der Waals surface area contributed by atoms with Crippen LogP contribution in [0.2, 0.25) is 0 Å².